The average molecular weight is 342 g/mol. The second-order valence-corrected chi connectivity index (χ2v) is 5.76. The van der Waals surface area contributed by atoms with Gasteiger partial charge in [-0.1, -0.05) is 11.6 Å². The predicted octanol–water partition coefficient (Wildman–Crippen LogP) is 3.82. The fourth-order valence-electron chi connectivity index (χ4n) is 2.51. The number of aromatic nitrogens is 3. The molecule has 0 aliphatic rings. The molecule has 0 unspecified atom stereocenters. The first-order valence-electron chi connectivity index (χ1n) is 7.39. The van der Waals surface area contributed by atoms with Gasteiger partial charge in [-0.3, -0.25) is 9.78 Å². The Balaban J connectivity index is 2.17. The van der Waals surface area contributed by atoms with Gasteiger partial charge in [-0.05, 0) is 43.3 Å². The zero-order valence-electron chi connectivity index (χ0n) is 13.4. The summed E-state index contributed by atoms with van der Waals surface area (Å²) in [4.78, 5) is 15.6. The van der Waals surface area contributed by atoms with E-state index >= 15 is 0 Å². The van der Waals surface area contributed by atoms with Crippen LogP contribution in [-0.4, -0.2) is 27.7 Å². The second kappa shape index (κ2) is 6.95. The Morgan fingerprint density at radius 1 is 1.38 bits per heavy atom. The lowest BCUT2D eigenvalue weighted by Gasteiger charge is -2.11. The number of ether oxygens (including phenoxy) is 1. The van der Waals surface area contributed by atoms with Crippen molar-refractivity contribution in [2.45, 2.75) is 13.5 Å². The van der Waals surface area contributed by atoms with E-state index in [-0.39, 0.29) is 5.78 Å². The molecule has 3 rings (SSSR count). The largest absolute Gasteiger partial charge is 0.378 e. The number of carbonyl (C=O) groups is 1. The van der Waals surface area contributed by atoms with Crippen molar-refractivity contribution in [1.82, 2.24) is 14.8 Å². The van der Waals surface area contributed by atoms with E-state index < -0.39 is 0 Å². The molecule has 0 fully saturated rings. The van der Waals surface area contributed by atoms with Crippen molar-refractivity contribution in [3.05, 3.63) is 59.0 Å². The molecule has 24 heavy (non-hydrogen) atoms. The van der Waals surface area contributed by atoms with E-state index in [9.17, 15) is 4.79 Å². The number of pyridine rings is 1. The highest BCUT2D eigenvalue weighted by Gasteiger charge is 2.13. The lowest BCUT2D eigenvalue weighted by Crippen LogP contribution is -2.05. The number of hydrogen-bond donors (Lipinski definition) is 0. The van der Waals surface area contributed by atoms with E-state index in [1.165, 1.54) is 13.0 Å². The second-order valence-electron chi connectivity index (χ2n) is 5.33. The van der Waals surface area contributed by atoms with Crippen molar-refractivity contribution in [3.63, 3.8) is 0 Å². The minimum absolute atomic E-state index is 0.0184. The number of halogens is 1. The van der Waals surface area contributed by atoms with Gasteiger partial charge in [0.05, 0.1) is 29.7 Å². The van der Waals surface area contributed by atoms with Gasteiger partial charge in [0.25, 0.3) is 0 Å². The van der Waals surface area contributed by atoms with Gasteiger partial charge in [-0.15, -0.1) is 0 Å². The van der Waals surface area contributed by atoms with Gasteiger partial charge in [0.2, 0.25) is 0 Å². The van der Waals surface area contributed by atoms with E-state index in [0.717, 1.165) is 27.8 Å². The van der Waals surface area contributed by atoms with Crippen LogP contribution in [0.5, 0.6) is 0 Å². The maximum Gasteiger partial charge on any atom is 0.152 e. The van der Waals surface area contributed by atoms with E-state index in [4.69, 9.17) is 16.3 Å². The summed E-state index contributed by atoms with van der Waals surface area (Å²) < 4.78 is 7.12. The molecule has 0 radical (unpaired) electrons. The highest BCUT2D eigenvalue weighted by molar-refractivity contribution is 6.31. The fourth-order valence-corrected chi connectivity index (χ4v) is 2.68. The third kappa shape index (κ3) is 3.22. The number of rotatable bonds is 5. The molecule has 0 bridgehead atoms. The number of hydrogen-bond acceptors (Lipinski definition) is 4. The van der Waals surface area contributed by atoms with E-state index in [0.29, 0.717) is 11.6 Å². The van der Waals surface area contributed by atoms with E-state index in [1.54, 1.807) is 30.3 Å². The minimum atomic E-state index is -0.0184. The monoisotopic (exact) mass is 341 g/mol. The molecular formula is C18H16ClN3O2. The van der Waals surface area contributed by atoms with Gasteiger partial charge in [-0.2, -0.15) is 5.10 Å². The number of nitrogens with zero attached hydrogens (tertiary/aromatic N) is 3. The Kier molecular flexibility index (Phi) is 4.74. The molecule has 0 N–H and O–H groups in total. The maximum absolute atomic E-state index is 11.2. The summed E-state index contributed by atoms with van der Waals surface area (Å²) in [5.41, 5.74) is 3.37. The molecule has 0 aliphatic heterocycles. The standard InChI is InChI=1S/C18H16ClN3O2/c1-12(23)3-4-13-10-21-22(18(13)11-24-2)17-7-8-20-16-9-14(19)5-6-15(16)17/h3-10H,11H2,1-2H3. The average Bonchev–Trinajstić information content (AvgIpc) is 2.95. The van der Waals surface area contributed by atoms with Crippen LogP contribution in [0, 0.1) is 0 Å². The van der Waals surface area contributed by atoms with Gasteiger partial charge in [0, 0.05) is 29.3 Å². The van der Waals surface area contributed by atoms with Crippen LogP contribution in [0.25, 0.3) is 22.7 Å². The van der Waals surface area contributed by atoms with Crippen molar-refractivity contribution < 1.29 is 9.53 Å². The first kappa shape index (κ1) is 16.4. The smallest absolute Gasteiger partial charge is 0.152 e. The van der Waals surface area contributed by atoms with Crippen LogP contribution in [0.3, 0.4) is 0 Å². The summed E-state index contributed by atoms with van der Waals surface area (Å²) in [5.74, 6) is -0.0184. The molecule has 0 amide bonds. The Hall–Kier alpha value is -2.50. The molecule has 122 valence electrons. The lowest BCUT2D eigenvalue weighted by molar-refractivity contribution is -0.112. The molecule has 0 saturated heterocycles. The maximum atomic E-state index is 11.2. The molecule has 0 spiro atoms. The first-order chi connectivity index (χ1) is 11.6. The summed E-state index contributed by atoms with van der Waals surface area (Å²) in [5, 5.41) is 6.04. The molecule has 0 saturated carbocycles. The van der Waals surface area contributed by atoms with Gasteiger partial charge >= 0.3 is 0 Å². The molecule has 5 nitrogen and oxygen atoms in total. The van der Waals surface area contributed by atoms with Gasteiger partial charge in [0.1, 0.15) is 0 Å². The highest BCUT2D eigenvalue weighted by atomic mass is 35.5. The minimum Gasteiger partial charge on any atom is -0.378 e. The molecule has 0 aliphatic carbocycles. The first-order valence-corrected chi connectivity index (χ1v) is 7.77. The zero-order valence-corrected chi connectivity index (χ0v) is 14.1. The molecule has 3 aromatic rings. The van der Waals surface area contributed by atoms with Crippen LogP contribution in [0.4, 0.5) is 0 Å². The molecule has 1 aromatic carbocycles. The third-order valence-corrected chi connectivity index (χ3v) is 3.82. The SMILES string of the molecule is COCc1c(C=CC(C)=O)cnn1-c1ccnc2cc(Cl)ccc12. The predicted molar refractivity (Wildman–Crippen MR) is 94.3 cm³/mol. The Morgan fingerprint density at radius 2 is 2.21 bits per heavy atom. The lowest BCUT2D eigenvalue weighted by atomic mass is 10.1. The summed E-state index contributed by atoms with van der Waals surface area (Å²) in [6, 6.07) is 7.45. The Bertz CT molecular complexity index is 931. The fraction of sp³-hybridized carbons (Fsp3) is 0.167. The molecule has 0 atom stereocenters. The summed E-state index contributed by atoms with van der Waals surface area (Å²) in [7, 11) is 1.63. The van der Waals surface area contributed by atoms with Crippen molar-refractivity contribution in [3.8, 4) is 5.69 Å². The molecular weight excluding hydrogens is 326 g/mol. The zero-order chi connectivity index (χ0) is 17.1. The van der Waals surface area contributed by atoms with Crippen molar-refractivity contribution in [2.24, 2.45) is 0 Å². The summed E-state index contributed by atoms with van der Waals surface area (Å²) in [6.07, 6.45) is 6.71. The van der Waals surface area contributed by atoms with Crippen LogP contribution in [0.1, 0.15) is 18.2 Å². The van der Waals surface area contributed by atoms with Gasteiger partial charge in [0.15, 0.2) is 5.78 Å². The normalized spacial score (nSPS) is 11.5. The van der Waals surface area contributed by atoms with E-state index in [2.05, 4.69) is 10.1 Å². The quantitative estimate of drug-likeness (QED) is 0.662. The Labute approximate surface area is 144 Å². The van der Waals surface area contributed by atoms with E-state index in [1.807, 2.05) is 24.3 Å². The highest BCUT2D eigenvalue weighted by Crippen LogP contribution is 2.25. The van der Waals surface area contributed by atoms with Crippen molar-refractivity contribution >= 4 is 34.4 Å². The van der Waals surface area contributed by atoms with Gasteiger partial charge < -0.3 is 4.74 Å². The summed E-state index contributed by atoms with van der Waals surface area (Å²) in [6.45, 7) is 1.88. The molecule has 6 heteroatoms. The summed E-state index contributed by atoms with van der Waals surface area (Å²) >= 11 is 6.05. The third-order valence-electron chi connectivity index (χ3n) is 3.59. The van der Waals surface area contributed by atoms with Crippen LogP contribution in [-0.2, 0) is 16.1 Å². The topological polar surface area (TPSA) is 57.0 Å². The Morgan fingerprint density at radius 3 is 2.96 bits per heavy atom. The van der Waals surface area contributed by atoms with Crippen molar-refractivity contribution in [2.75, 3.05) is 7.11 Å². The number of methoxy groups -OCH3 is 1. The van der Waals surface area contributed by atoms with Crippen molar-refractivity contribution in [1.29, 1.82) is 0 Å². The number of benzene rings is 1. The van der Waals surface area contributed by atoms with Crippen LogP contribution in [0.15, 0.2) is 42.7 Å². The number of fused-ring (bicyclic) bond motifs is 1. The molecule has 2 aromatic heterocycles. The van der Waals surface area contributed by atoms with Crippen LogP contribution in [0.2, 0.25) is 5.02 Å². The van der Waals surface area contributed by atoms with Gasteiger partial charge in [-0.25, -0.2) is 4.68 Å². The number of ketones is 1. The number of carbonyl (C=O) groups excluding carboxylic acids is 1. The van der Waals surface area contributed by atoms with Crippen LogP contribution >= 0.6 is 11.6 Å². The number of allylic oxidation sites excluding steroid dienone is 1. The van der Waals surface area contributed by atoms with Crippen LogP contribution < -0.4 is 0 Å². The molecule has 2 heterocycles.